The van der Waals surface area contributed by atoms with Gasteiger partial charge in [-0.15, -0.1) is 0 Å². The highest BCUT2D eigenvalue weighted by Crippen LogP contribution is 2.14. The van der Waals surface area contributed by atoms with E-state index in [-0.39, 0.29) is 5.75 Å². The van der Waals surface area contributed by atoms with Gasteiger partial charge in [0, 0.05) is 0 Å². The van der Waals surface area contributed by atoms with E-state index in [0.717, 1.165) is 11.8 Å². The number of aliphatic hydroxyl groups excluding tert-OH is 1. The van der Waals surface area contributed by atoms with Gasteiger partial charge in [-0.25, -0.2) is 0 Å². The monoisotopic (exact) mass is 230 g/mol. The van der Waals surface area contributed by atoms with Crippen LogP contribution in [-0.2, 0) is 16.5 Å². The summed E-state index contributed by atoms with van der Waals surface area (Å²) in [5, 5.41) is 9.13. The van der Waals surface area contributed by atoms with Crippen LogP contribution in [0.25, 0.3) is 0 Å². The van der Waals surface area contributed by atoms with E-state index < -0.39 is 16.2 Å². The third-order valence-electron chi connectivity index (χ3n) is 1.70. The summed E-state index contributed by atoms with van der Waals surface area (Å²) < 4.78 is 26.3. The van der Waals surface area contributed by atoms with E-state index in [4.69, 9.17) is 5.11 Å². The molecule has 4 nitrogen and oxygen atoms in total. The molecule has 1 unspecified atom stereocenters. The van der Waals surface area contributed by atoms with Gasteiger partial charge in [-0.3, -0.25) is 0 Å². The molecule has 0 fully saturated rings. The molecule has 1 rings (SSSR count). The molecule has 1 aromatic carbocycles. The molecule has 0 spiro atoms. The molecular formula is C10H14O4S. The lowest BCUT2D eigenvalue weighted by atomic mass is 10.1. The first kappa shape index (κ1) is 12.0. The van der Waals surface area contributed by atoms with Crippen molar-refractivity contribution < 1.29 is 17.7 Å². The van der Waals surface area contributed by atoms with Crippen molar-refractivity contribution in [3.63, 3.8) is 0 Å². The van der Waals surface area contributed by atoms with Crippen molar-refractivity contribution in [1.29, 1.82) is 0 Å². The van der Waals surface area contributed by atoms with Crippen molar-refractivity contribution in [2.45, 2.75) is 19.4 Å². The van der Waals surface area contributed by atoms with Crippen LogP contribution in [0.5, 0.6) is 5.75 Å². The summed E-state index contributed by atoms with van der Waals surface area (Å²) in [7, 11) is -3.46. The summed E-state index contributed by atoms with van der Waals surface area (Å²) in [6.45, 7) is 1.70. The number of hydrogen-bond acceptors (Lipinski definition) is 4. The zero-order valence-corrected chi connectivity index (χ0v) is 9.49. The van der Waals surface area contributed by atoms with Crippen LogP contribution in [0.15, 0.2) is 24.3 Å². The maximum atomic E-state index is 10.8. The van der Waals surface area contributed by atoms with Gasteiger partial charge >= 0.3 is 10.1 Å². The molecule has 15 heavy (non-hydrogen) atoms. The second-order valence-corrected chi connectivity index (χ2v) is 5.06. The SMILES string of the molecule is CC(O)Cc1ccc(OS(C)(=O)=O)cc1. The minimum atomic E-state index is -3.46. The highest BCUT2D eigenvalue weighted by Gasteiger charge is 2.04. The number of hydrogen-bond donors (Lipinski definition) is 1. The fourth-order valence-electron chi connectivity index (χ4n) is 1.20. The van der Waals surface area contributed by atoms with Gasteiger partial charge in [-0.05, 0) is 31.0 Å². The van der Waals surface area contributed by atoms with E-state index in [0.29, 0.717) is 6.42 Å². The van der Waals surface area contributed by atoms with Crippen molar-refractivity contribution in [3.8, 4) is 5.75 Å². The molecule has 1 aromatic rings. The van der Waals surface area contributed by atoms with Crippen molar-refractivity contribution in [2.24, 2.45) is 0 Å². The summed E-state index contributed by atoms with van der Waals surface area (Å²) in [6, 6.07) is 6.60. The molecule has 0 saturated heterocycles. The average molecular weight is 230 g/mol. The van der Waals surface area contributed by atoms with Crippen LogP contribution in [0.2, 0.25) is 0 Å². The van der Waals surface area contributed by atoms with Gasteiger partial charge < -0.3 is 9.29 Å². The van der Waals surface area contributed by atoms with Gasteiger partial charge in [0.15, 0.2) is 0 Å². The van der Waals surface area contributed by atoms with Crippen LogP contribution < -0.4 is 4.18 Å². The Morgan fingerprint density at radius 1 is 1.33 bits per heavy atom. The first-order valence-corrected chi connectivity index (χ1v) is 6.35. The molecule has 84 valence electrons. The minimum Gasteiger partial charge on any atom is -0.393 e. The number of benzene rings is 1. The second kappa shape index (κ2) is 4.63. The molecule has 0 aliphatic heterocycles. The maximum absolute atomic E-state index is 10.8. The third-order valence-corrected chi connectivity index (χ3v) is 2.20. The first-order valence-electron chi connectivity index (χ1n) is 4.53. The fourth-order valence-corrected chi connectivity index (χ4v) is 1.66. The van der Waals surface area contributed by atoms with Gasteiger partial charge in [-0.1, -0.05) is 12.1 Å². The first-order chi connectivity index (χ1) is 6.87. The van der Waals surface area contributed by atoms with Gasteiger partial charge in [0.1, 0.15) is 5.75 Å². The molecule has 0 heterocycles. The highest BCUT2D eigenvalue weighted by molar-refractivity contribution is 7.86. The molecule has 0 bridgehead atoms. The van der Waals surface area contributed by atoms with E-state index in [9.17, 15) is 8.42 Å². The van der Waals surface area contributed by atoms with Crippen molar-refractivity contribution >= 4 is 10.1 Å². The van der Waals surface area contributed by atoms with E-state index in [1.165, 1.54) is 0 Å². The lowest BCUT2D eigenvalue weighted by Gasteiger charge is -2.06. The average Bonchev–Trinajstić information content (AvgIpc) is 2.05. The molecule has 0 saturated carbocycles. The summed E-state index contributed by atoms with van der Waals surface area (Å²) in [4.78, 5) is 0. The Labute approximate surface area is 89.6 Å². The van der Waals surface area contributed by atoms with Crippen LogP contribution >= 0.6 is 0 Å². The van der Waals surface area contributed by atoms with Crippen molar-refractivity contribution in [1.82, 2.24) is 0 Å². The molecule has 1 N–H and O–H groups in total. The van der Waals surface area contributed by atoms with Crippen LogP contribution in [0.3, 0.4) is 0 Å². The van der Waals surface area contributed by atoms with Crippen LogP contribution in [0, 0.1) is 0 Å². The Balaban J connectivity index is 2.73. The second-order valence-electron chi connectivity index (χ2n) is 3.48. The molecule has 0 radical (unpaired) electrons. The molecule has 0 aromatic heterocycles. The Morgan fingerprint density at radius 2 is 1.87 bits per heavy atom. The summed E-state index contributed by atoms with van der Waals surface area (Å²) >= 11 is 0. The van der Waals surface area contributed by atoms with E-state index in [1.807, 2.05) is 0 Å². The predicted octanol–water partition coefficient (Wildman–Crippen LogP) is 0.948. The molecular weight excluding hydrogens is 216 g/mol. The van der Waals surface area contributed by atoms with Gasteiger partial charge in [-0.2, -0.15) is 8.42 Å². The van der Waals surface area contributed by atoms with Gasteiger partial charge in [0.25, 0.3) is 0 Å². The van der Waals surface area contributed by atoms with Crippen LogP contribution in [0.1, 0.15) is 12.5 Å². The third kappa shape index (κ3) is 4.80. The van der Waals surface area contributed by atoms with Crippen LogP contribution in [0.4, 0.5) is 0 Å². The molecule has 0 aliphatic rings. The largest absolute Gasteiger partial charge is 0.393 e. The lowest BCUT2D eigenvalue weighted by molar-refractivity contribution is 0.195. The van der Waals surface area contributed by atoms with Crippen LogP contribution in [-0.4, -0.2) is 25.9 Å². The fraction of sp³-hybridized carbons (Fsp3) is 0.400. The van der Waals surface area contributed by atoms with Gasteiger partial charge in [0.2, 0.25) is 0 Å². The minimum absolute atomic E-state index is 0.284. The van der Waals surface area contributed by atoms with E-state index in [1.54, 1.807) is 31.2 Å². The molecule has 0 amide bonds. The Hall–Kier alpha value is -1.07. The standard InChI is InChI=1S/C10H14O4S/c1-8(11)7-9-3-5-10(6-4-9)14-15(2,12)13/h3-6,8,11H,7H2,1-2H3. The van der Waals surface area contributed by atoms with Crippen molar-refractivity contribution in [3.05, 3.63) is 29.8 Å². The Bertz CT molecular complexity index is 406. The van der Waals surface area contributed by atoms with E-state index >= 15 is 0 Å². The van der Waals surface area contributed by atoms with E-state index in [2.05, 4.69) is 4.18 Å². The molecule has 1 atom stereocenters. The normalized spacial score (nSPS) is 13.5. The lowest BCUT2D eigenvalue weighted by Crippen LogP contribution is -2.06. The quantitative estimate of drug-likeness (QED) is 0.782. The zero-order chi connectivity index (χ0) is 11.5. The summed E-state index contributed by atoms with van der Waals surface area (Å²) in [6.07, 6.45) is 1.13. The smallest absolute Gasteiger partial charge is 0.306 e. The predicted molar refractivity (Wildman–Crippen MR) is 57.3 cm³/mol. The van der Waals surface area contributed by atoms with Crippen molar-refractivity contribution in [2.75, 3.05) is 6.26 Å². The molecule has 5 heteroatoms. The molecule has 0 aliphatic carbocycles. The number of rotatable bonds is 4. The highest BCUT2D eigenvalue weighted by atomic mass is 32.2. The summed E-state index contributed by atoms with van der Waals surface area (Å²) in [5.74, 6) is 0.284. The van der Waals surface area contributed by atoms with Gasteiger partial charge in [0.05, 0.1) is 12.4 Å². The maximum Gasteiger partial charge on any atom is 0.306 e. The zero-order valence-electron chi connectivity index (χ0n) is 8.67. The number of aliphatic hydroxyl groups is 1. The topological polar surface area (TPSA) is 63.6 Å². The Kier molecular flexibility index (Phi) is 3.71. The summed E-state index contributed by atoms with van der Waals surface area (Å²) in [5.41, 5.74) is 0.936. The Morgan fingerprint density at radius 3 is 2.27 bits per heavy atom.